The van der Waals surface area contributed by atoms with Crippen LogP contribution in [0.3, 0.4) is 0 Å². The zero-order valence-electron chi connectivity index (χ0n) is 18.1. The molecule has 0 radical (unpaired) electrons. The second kappa shape index (κ2) is 8.64. The smallest absolute Gasteiger partial charge is 0.257 e. The van der Waals surface area contributed by atoms with Crippen molar-refractivity contribution in [2.45, 2.75) is 19.5 Å². The number of carbonyl (C=O) groups excluding carboxylic acids is 3. The van der Waals surface area contributed by atoms with Gasteiger partial charge in [0, 0.05) is 17.1 Å². The highest BCUT2D eigenvalue weighted by Gasteiger charge is 2.32. The van der Waals surface area contributed by atoms with E-state index < -0.39 is 6.04 Å². The van der Waals surface area contributed by atoms with E-state index in [1.807, 2.05) is 24.3 Å². The number of fused-ring (bicyclic) bond motifs is 2. The number of hydrogen-bond donors (Lipinski definition) is 3. The molecule has 170 valence electrons. The van der Waals surface area contributed by atoms with Crippen LogP contribution in [-0.4, -0.2) is 38.6 Å². The van der Waals surface area contributed by atoms with E-state index in [0.29, 0.717) is 27.8 Å². The molecule has 0 unspecified atom stereocenters. The number of imidazole rings is 1. The van der Waals surface area contributed by atoms with E-state index >= 15 is 0 Å². The Morgan fingerprint density at radius 2 is 1.85 bits per heavy atom. The third-order valence-corrected chi connectivity index (χ3v) is 6.00. The zero-order chi connectivity index (χ0) is 23.8. The highest BCUT2D eigenvalue weighted by molar-refractivity contribution is 6.31. The van der Waals surface area contributed by atoms with Gasteiger partial charge in [-0.25, -0.2) is 4.98 Å². The van der Waals surface area contributed by atoms with Gasteiger partial charge in [0.05, 0.1) is 22.3 Å². The Morgan fingerprint density at radius 1 is 1.09 bits per heavy atom. The van der Waals surface area contributed by atoms with E-state index in [2.05, 4.69) is 20.6 Å². The minimum absolute atomic E-state index is 0.209. The van der Waals surface area contributed by atoms with E-state index in [9.17, 15) is 14.4 Å². The first-order valence-corrected chi connectivity index (χ1v) is 11.0. The summed E-state index contributed by atoms with van der Waals surface area (Å²) < 4.78 is 0. The first-order valence-electron chi connectivity index (χ1n) is 10.7. The van der Waals surface area contributed by atoms with Gasteiger partial charge in [0.25, 0.3) is 11.8 Å². The monoisotopic (exact) mass is 473 g/mol. The Labute approximate surface area is 199 Å². The number of halogens is 1. The second-order valence-corrected chi connectivity index (χ2v) is 8.48. The zero-order valence-corrected chi connectivity index (χ0v) is 18.9. The molecular formula is C25H20ClN5O3. The highest BCUT2D eigenvalue weighted by Crippen LogP contribution is 2.27. The van der Waals surface area contributed by atoms with E-state index in [-0.39, 0.29) is 24.3 Å². The lowest BCUT2D eigenvalue weighted by Gasteiger charge is -2.26. The van der Waals surface area contributed by atoms with Gasteiger partial charge in [-0.15, -0.1) is 0 Å². The second-order valence-electron chi connectivity index (χ2n) is 8.04. The minimum atomic E-state index is -0.685. The van der Waals surface area contributed by atoms with Crippen molar-refractivity contribution in [3.63, 3.8) is 0 Å². The molecule has 0 saturated heterocycles. The average Bonchev–Trinajstić information content (AvgIpc) is 3.21. The number of nitrogens with zero attached hydrogens (tertiary/aromatic N) is 2. The molecule has 0 saturated carbocycles. The molecule has 1 aliphatic rings. The summed E-state index contributed by atoms with van der Waals surface area (Å²) >= 11 is 6.03. The van der Waals surface area contributed by atoms with Crippen LogP contribution in [0.1, 0.15) is 33.2 Å². The third kappa shape index (κ3) is 4.11. The average molecular weight is 474 g/mol. The fourth-order valence-corrected chi connectivity index (χ4v) is 4.05. The summed E-state index contributed by atoms with van der Waals surface area (Å²) in [7, 11) is 0. The Bertz CT molecular complexity index is 1400. The topological polar surface area (TPSA) is 107 Å². The lowest BCUT2D eigenvalue weighted by atomic mass is 10.1. The number of nitrogens with one attached hydrogen (secondary N) is 3. The van der Waals surface area contributed by atoms with E-state index in [4.69, 9.17) is 11.6 Å². The maximum absolute atomic E-state index is 13.2. The van der Waals surface area contributed by atoms with Crippen molar-refractivity contribution in [3.8, 4) is 0 Å². The summed E-state index contributed by atoms with van der Waals surface area (Å²) in [5.74, 6) is -0.514. The predicted molar refractivity (Wildman–Crippen MR) is 130 cm³/mol. The molecule has 3 amide bonds. The summed E-state index contributed by atoms with van der Waals surface area (Å²) in [4.78, 5) is 47.3. The van der Waals surface area contributed by atoms with Crippen LogP contribution < -0.4 is 10.6 Å². The van der Waals surface area contributed by atoms with Gasteiger partial charge in [-0.05, 0) is 55.0 Å². The van der Waals surface area contributed by atoms with Crippen molar-refractivity contribution in [2.75, 3.05) is 10.6 Å². The Morgan fingerprint density at radius 3 is 2.62 bits per heavy atom. The summed E-state index contributed by atoms with van der Waals surface area (Å²) in [5.41, 5.74) is 3.59. The van der Waals surface area contributed by atoms with Crippen LogP contribution in [0.15, 0.2) is 66.7 Å². The first kappa shape index (κ1) is 21.7. The van der Waals surface area contributed by atoms with Crippen LogP contribution in [0.5, 0.6) is 0 Å². The minimum Gasteiger partial charge on any atom is -0.324 e. The van der Waals surface area contributed by atoms with Gasteiger partial charge in [0.15, 0.2) is 0 Å². The molecule has 0 spiro atoms. The Kier molecular flexibility index (Phi) is 5.51. The van der Waals surface area contributed by atoms with Gasteiger partial charge >= 0.3 is 0 Å². The Hall–Kier alpha value is -4.17. The SMILES string of the molecule is C[C@@H]1C(=O)Nc2cc(Cl)ccc2C(=O)N1Cc1ccc(C(=O)Nc2nc3ccccc3[nH]2)cc1. The fraction of sp³-hybridized carbons (Fsp3) is 0.120. The van der Waals surface area contributed by atoms with Gasteiger partial charge in [0.1, 0.15) is 6.04 Å². The van der Waals surface area contributed by atoms with Crippen LogP contribution >= 0.6 is 11.6 Å². The first-order chi connectivity index (χ1) is 16.4. The number of anilines is 2. The number of aromatic amines is 1. The quantitative estimate of drug-likeness (QED) is 0.407. The van der Waals surface area contributed by atoms with Crippen molar-refractivity contribution in [1.29, 1.82) is 0 Å². The molecule has 4 aromatic rings. The number of para-hydroxylation sites is 2. The number of H-pyrrole nitrogens is 1. The number of aromatic nitrogens is 2. The molecule has 8 nitrogen and oxygen atoms in total. The molecule has 2 heterocycles. The van der Waals surface area contributed by atoms with Crippen molar-refractivity contribution in [2.24, 2.45) is 0 Å². The normalized spacial score (nSPS) is 15.6. The largest absolute Gasteiger partial charge is 0.324 e. The van der Waals surface area contributed by atoms with E-state index in [1.165, 1.54) is 4.90 Å². The standard InChI is InChI=1S/C25H20ClN5O3/c1-14-22(32)27-21-12-17(26)10-11-18(21)24(34)31(14)13-15-6-8-16(9-7-15)23(33)30-25-28-19-4-2-3-5-20(19)29-25/h2-12,14H,13H2,1H3,(H,27,32)(H2,28,29,30,33)/t14-/m1/s1. The third-order valence-electron chi connectivity index (χ3n) is 5.77. The van der Waals surface area contributed by atoms with Crippen molar-refractivity contribution >= 4 is 52.0 Å². The maximum Gasteiger partial charge on any atom is 0.257 e. The van der Waals surface area contributed by atoms with Gasteiger partial charge in [0.2, 0.25) is 11.9 Å². The molecule has 34 heavy (non-hydrogen) atoms. The van der Waals surface area contributed by atoms with Crippen LogP contribution in [0.4, 0.5) is 11.6 Å². The number of amides is 3. The van der Waals surface area contributed by atoms with Crippen molar-refractivity contribution in [3.05, 3.63) is 88.4 Å². The molecule has 9 heteroatoms. The summed E-state index contributed by atoms with van der Waals surface area (Å²) in [6.07, 6.45) is 0. The number of benzene rings is 3. The van der Waals surface area contributed by atoms with Gasteiger partial charge in [-0.3, -0.25) is 19.7 Å². The number of rotatable bonds is 4. The van der Waals surface area contributed by atoms with Crippen molar-refractivity contribution < 1.29 is 14.4 Å². The van der Waals surface area contributed by atoms with Crippen molar-refractivity contribution in [1.82, 2.24) is 14.9 Å². The van der Waals surface area contributed by atoms with E-state index in [1.54, 1.807) is 49.4 Å². The lowest BCUT2D eigenvalue weighted by molar-refractivity contribution is -0.120. The summed E-state index contributed by atoms with van der Waals surface area (Å²) in [5, 5.41) is 5.96. The molecule has 1 atom stereocenters. The molecule has 0 bridgehead atoms. The van der Waals surface area contributed by atoms with Crippen LogP contribution in [0, 0.1) is 0 Å². The molecule has 0 aliphatic carbocycles. The Balaban J connectivity index is 1.32. The van der Waals surface area contributed by atoms with Crippen LogP contribution in [-0.2, 0) is 11.3 Å². The van der Waals surface area contributed by atoms with Gasteiger partial charge < -0.3 is 15.2 Å². The molecule has 3 N–H and O–H groups in total. The lowest BCUT2D eigenvalue weighted by Crippen LogP contribution is -2.42. The van der Waals surface area contributed by atoms with Gasteiger partial charge in [-0.2, -0.15) is 0 Å². The predicted octanol–water partition coefficient (Wildman–Crippen LogP) is 4.45. The molecule has 1 aliphatic heterocycles. The molecule has 5 rings (SSSR count). The maximum atomic E-state index is 13.2. The molecule has 1 aromatic heterocycles. The molecule has 3 aromatic carbocycles. The van der Waals surface area contributed by atoms with Gasteiger partial charge in [-0.1, -0.05) is 35.9 Å². The van der Waals surface area contributed by atoms with E-state index in [0.717, 1.165) is 16.6 Å². The summed E-state index contributed by atoms with van der Waals surface area (Å²) in [6, 6.07) is 18.5. The molecular weight excluding hydrogens is 454 g/mol. The van der Waals surface area contributed by atoms with Crippen LogP contribution in [0.2, 0.25) is 5.02 Å². The van der Waals surface area contributed by atoms with Crippen LogP contribution in [0.25, 0.3) is 11.0 Å². The number of hydrogen-bond acceptors (Lipinski definition) is 4. The molecule has 0 fully saturated rings. The highest BCUT2D eigenvalue weighted by atomic mass is 35.5. The number of carbonyl (C=O) groups is 3. The summed E-state index contributed by atoms with van der Waals surface area (Å²) in [6.45, 7) is 1.89. The fourth-order valence-electron chi connectivity index (χ4n) is 3.87.